The maximum absolute atomic E-state index is 12.5. The molecule has 1 aliphatic rings. The number of benzene rings is 2. The lowest BCUT2D eigenvalue weighted by Gasteiger charge is -1.94. The summed E-state index contributed by atoms with van der Waals surface area (Å²) in [5.41, 5.74) is 8.91. The first kappa shape index (κ1) is 12.8. The summed E-state index contributed by atoms with van der Waals surface area (Å²) >= 11 is 0. The standard InChI is InChI=1S/C9H10.C7H8FN/c1-2-5-9-7-3-6-8(9)4-1;8-7-4-2-1-3-6(7)5-9/h1-2,4-5H,3,6-7H2;1-4H,5,9H2. The number of hydrogen-bond acceptors (Lipinski definition) is 1. The van der Waals surface area contributed by atoms with Gasteiger partial charge in [-0.05, 0) is 36.5 Å². The van der Waals surface area contributed by atoms with E-state index in [2.05, 4.69) is 24.3 Å². The summed E-state index contributed by atoms with van der Waals surface area (Å²) in [6.45, 7) is 0.271. The molecule has 2 aromatic carbocycles. The summed E-state index contributed by atoms with van der Waals surface area (Å²) in [7, 11) is 0. The van der Waals surface area contributed by atoms with Crippen LogP contribution >= 0.6 is 0 Å². The van der Waals surface area contributed by atoms with Gasteiger partial charge < -0.3 is 5.73 Å². The second-order valence-corrected chi connectivity index (χ2v) is 4.42. The molecule has 94 valence electrons. The number of rotatable bonds is 1. The second kappa shape index (κ2) is 6.31. The third-order valence-corrected chi connectivity index (χ3v) is 3.19. The molecule has 0 bridgehead atoms. The van der Waals surface area contributed by atoms with Gasteiger partial charge in [0, 0.05) is 12.1 Å². The molecule has 1 aliphatic carbocycles. The van der Waals surface area contributed by atoms with Gasteiger partial charge in [0.05, 0.1) is 0 Å². The number of halogens is 1. The summed E-state index contributed by atoms with van der Waals surface area (Å²) in [5.74, 6) is -0.222. The highest BCUT2D eigenvalue weighted by Gasteiger charge is 2.07. The molecule has 1 nitrogen and oxygen atoms in total. The molecule has 0 radical (unpaired) electrons. The van der Waals surface area contributed by atoms with Crippen molar-refractivity contribution in [2.24, 2.45) is 5.73 Å². The Morgan fingerprint density at radius 1 is 0.889 bits per heavy atom. The molecule has 2 N–H and O–H groups in total. The van der Waals surface area contributed by atoms with E-state index in [4.69, 9.17) is 5.73 Å². The number of nitrogens with two attached hydrogens (primary N) is 1. The van der Waals surface area contributed by atoms with Gasteiger partial charge in [-0.25, -0.2) is 4.39 Å². The number of fused-ring (bicyclic) bond motifs is 1. The lowest BCUT2D eigenvalue weighted by Crippen LogP contribution is -1.98. The van der Waals surface area contributed by atoms with Crippen molar-refractivity contribution in [2.45, 2.75) is 25.8 Å². The predicted molar refractivity (Wildman–Crippen MR) is 72.8 cm³/mol. The van der Waals surface area contributed by atoms with E-state index in [0.717, 1.165) is 0 Å². The predicted octanol–water partition coefficient (Wildman–Crippen LogP) is 3.46. The molecule has 0 aromatic heterocycles. The largest absolute Gasteiger partial charge is 0.326 e. The summed E-state index contributed by atoms with van der Waals surface area (Å²) in [6, 6.07) is 15.2. The van der Waals surface area contributed by atoms with Crippen molar-refractivity contribution in [2.75, 3.05) is 0 Å². The van der Waals surface area contributed by atoms with Gasteiger partial charge in [-0.2, -0.15) is 0 Å². The summed E-state index contributed by atoms with van der Waals surface area (Å²) in [6.07, 6.45) is 3.96. The maximum Gasteiger partial charge on any atom is 0.127 e. The fraction of sp³-hybridized carbons (Fsp3) is 0.250. The first-order valence-corrected chi connectivity index (χ1v) is 6.31. The van der Waals surface area contributed by atoms with Gasteiger partial charge in [-0.1, -0.05) is 42.5 Å². The van der Waals surface area contributed by atoms with Crippen molar-refractivity contribution in [1.82, 2.24) is 0 Å². The molecule has 0 amide bonds. The number of hydrogen-bond donors (Lipinski definition) is 1. The normalized spacial score (nSPS) is 12.6. The maximum atomic E-state index is 12.5. The van der Waals surface area contributed by atoms with Gasteiger partial charge in [-0.15, -0.1) is 0 Å². The Balaban J connectivity index is 0.000000134. The van der Waals surface area contributed by atoms with Crippen molar-refractivity contribution < 1.29 is 4.39 Å². The topological polar surface area (TPSA) is 26.0 Å². The van der Waals surface area contributed by atoms with Crippen LogP contribution in [-0.2, 0) is 19.4 Å². The van der Waals surface area contributed by atoms with E-state index in [1.54, 1.807) is 29.3 Å². The van der Waals surface area contributed by atoms with Gasteiger partial charge in [0.15, 0.2) is 0 Å². The van der Waals surface area contributed by atoms with Gasteiger partial charge in [0.25, 0.3) is 0 Å². The zero-order chi connectivity index (χ0) is 12.8. The molecule has 0 heterocycles. The Morgan fingerprint density at radius 2 is 1.44 bits per heavy atom. The Hall–Kier alpha value is -1.67. The molecular formula is C16H18FN. The van der Waals surface area contributed by atoms with E-state index in [9.17, 15) is 4.39 Å². The fourth-order valence-corrected chi connectivity index (χ4v) is 2.18. The van der Waals surface area contributed by atoms with E-state index in [1.165, 1.54) is 25.3 Å². The van der Waals surface area contributed by atoms with E-state index in [-0.39, 0.29) is 12.4 Å². The molecule has 0 aliphatic heterocycles. The van der Waals surface area contributed by atoms with Gasteiger partial charge in [-0.3, -0.25) is 0 Å². The molecule has 0 unspecified atom stereocenters. The Bertz CT molecular complexity index is 477. The fourth-order valence-electron chi connectivity index (χ4n) is 2.18. The Morgan fingerprint density at radius 3 is 1.94 bits per heavy atom. The van der Waals surface area contributed by atoms with Crippen LogP contribution in [0.5, 0.6) is 0 Å². The van der Waals surface area contributed by atoms with Crippen LogP contribution in [0.2, 0.25) is 0 Å². The average Bonchev–Trinajstić information content (AvgIpc) is 2.88. The molecule has 2 aromatic rings. The minimum atomic E-state index is -0.222. The van der Waals surface area contributed by atoms with Crippen molar-refractivity contribution in [3.63, 3.8) is 0 Å². The van der Waals surface area contributed by atoms with Crippen molar-refractivity contribution in [1.29, 1.82) is 0 Å². The van der Waals surface area contributed by atoms with Gasteiger partial charge >= 0.3 is 0 Å². The first-order valence-electron chi connectivity index (χ1n) is 6.31. The number of aryl methyl sites for hydroxylation is 2. The van der Waals surface area contributed by atoms with E-state index in [1.807, 2.05) is 0 Å². The van der Waals surface area contributed by atoms with Crippen LogP contribution < -0.4 is 5.73 Å². The highest BCUT2D eigenvalue weighted by atomic mass is 19.1. The van der Waals surface area contributed by atoms with Gasteiger partial charge in [0.1, 0.15) is 5.82 Å². The average molecular weight is 243 g/mol. The minimum Gasteiger partial charge on any atom is -0.326 e. The van der Waals surface area contributed by atoms with Crippen LogP contribution in [-0.4, -0.2) is 0 Å². The molecule has 0 spiro atoms. The molecule has 3 rings (SSSR count). The smallest absolute Gasteiger partial charge is 0.127 e. The highest BCUT2D eigenvalue weighted by molar-refractivity contribution is 5.30. The van der Waals surface area contributed by atoms with Crippen LogP contribution in [0.4, 0.5) is 4.39 Å². The van der Waals surface area contributed by atoms with E-state index >= 15 is 0 Å². The van der Waals surface area contributed by atoms with E-state index < -0.39 is 0 Å². The van der Waals surface area contributed by atoms with Crippen LogP contribution in [0, 0.1) is 5.82 Å². The molecule has 18 heavy (non-hydrogen) atoms. The lowest BCUT2D eigenvalue weighted by molar-refractivity contribution is 0.610. The monoisotopic (exact) mass is 243 g/mol. The third kappa shape index (κ3) is 3.17. The molecule has 0 fully saturated rings. The SMILES string of the molecule is NCc1ccccc1F.c1ccc2c(c1)CCC2. The molecule has 0 atom stereocenters. The third-order valence-electron chi connectivity index (χ3n) is 3.19. The summed E-state index contributed by atoms with van der Waals surface area (Å²) in [5, 5.41) is 0. The van der Waals surface area contributed by atoms with Crippen LogP contribution in [0.1, 0.15) is 23.1 Å². The molecule has 0 saturated carbocycles. The Kier molecular flexibility index (Phi) is 4.48. The van der Waals surface area contributed by atoms with Crippen LogP contribution in [0.15, 0.2) is 48.5 Å². The molecular weight excluding hydrogens is 225 g/mol. The van der Waals surface area contributed by atoms with Crippen molar-refractivity contribution in [3.05, 3.63) is 71.0 Å². The quantitative estimate of drug-likeness (QED) is 0.815. The zero-order valence-corrected chi connectivity index (χ0v) is 10.4. The lowest BCUT2D eigenvalue weighted by atomic mass is 10.1. The molecule has 2 heteroatoms. The Labute approximate surface area is 107 Å². The first-order chi connectivity index (χ1) is 8.81. The summed E-state index contributed by atoms with van der Waals surface area (Å²) < 4.78 is 12.5. The highest BCUT2D eigenvalue weighted by Crippen LogP contribution is 2.20. The van der Waals surface area contributed by atoms with E-state index in [0.29, 0.717) is 5.56 Å². The second-order valence-electron chi connectivity index (χ2n) is 4.42. The van der Waals surface area contributed by atoms with Crippen molar-refractivity contribution in [3.8, 4) is 0 Å². The van der Waals surface area contributed by atoms with Crippen LogP contribution in [0.25, 0.3) is 0 Å². The van der Waals surface area contributed by atoms with Gasteiger partial charge in [0.2, 0.25) is 0 Å². The molecule has 0 saturated heterocycles. The zero-order valence-electron chi connectivity index (χ0n) is 10.4. The van der Waals surface area contributed by atoms with Crippen molar-refractivity contribution >= 4 is 0 Å². The van der Waals surface area contributed by atoms with Crippen LogP contribution in [0.3, 0.4) is 0 Å². The summed E-state index contributed by atoms with van der Waals surface area (Å²) in [4.78, 5) is 0. The minimum absolute atomic E-state index is 0.222.